The zero-order valence-corrected chi connectivity index (χ0v) is 22.2. The molecule has 202 valence electrons. The van der Waals surface area contributed by atoms with E-state index in [0.717, 1.165) is 0 Å². The van der Waals surface area contributed by atoms with Gasteiger partial charge in [-0.3, -0.25) is 19.4 Å². The molecule has 10 N–H and O–H groups in total. The summed E-state index contributed by atoms with van der Waals surface area (Å²) in [5.74, 6) is -2.36. The molecule has 0 fully saturated rings. The quantitative estimate of drug-likeness (QED) is 0.0740. The molecule has 0 bridgehead atoms. The molecule has 0 spiro atoms. The summed E-state index contributed by atoms with van der Waals surface area (Å²) in [4.78, 5) is 53.9. The number of nitrogens with zero attached hydrogens (tertiary/aromatic N) is 1. The highest BCUT2D eigenvalue weighted by atomic mass is 32.2. The van der Waals surface area contributed by atoms with Crippen LogP contribution in [-0.2, 0) is 19.2 Å². The van der Waals surface area contributed by atoms with Crippen LogP contribution >= 0.6 is 11.8 Å². The summed E-state index contributed by atoms with van der Waals surface area (Å²) in [7, 11) is 0. The number of hydrogen-bond acceptors (Lipinski definition) is 7. The summed E-state index contributed by atoms with van der Waals surface area (Å²) in [6.07, 6.45) is 2.94. The molecule has 0 aromatic heterocycles. The van der Waals surface area contributed by atoms with Gasteiger partial charge in [-0.05, 0) is 49.5 Å². The number of rotatable bonds is 17. The molecule has 0 aliphatic rings. The highest BCUT2D eigenvalue weighted by Crippen LogP contribution is 2.09. The van der Waals surface area contributed by atoms with E-state index in [9.17, 15) is 24.3 Å². The minimum atomic E-state index is -1.20. The molecule has 0 aromatic carbocycles. The smallest absolute Gasteiger partial charge is 0.326 e. The molecule has 35 heavy (non-hydrogen) atoms. The van der Waals surface area contributed by atoms with Gasteiger partial charge < -0.3 is 38.3 Å². The van der Waals surface area contributed by atoms with Crippen LogP contribution in [0.1, 0.15) is 53.4 Å². The number of nitrogens with two attached hydrogens (primary N) is 3. The van der Waals surface area contributed by atoms with Gasteiger partial charge in [0, 0.05) is 6.54 Å². The monoisotopic (exact) mass is 517 g/mol. The highest BCUT2D eigenvalue weighted by molar-refractivity contribution is 7.98. The molecule has 0 heterocycles. The summed E-state index contributed by atoms with van der Waals surface area (Å²) in [6, 6.07) is -3.80. The predicted molar refractivity (Wildman–Crippen MR) is 139 cm³/mol. The summed E-state index contributed by atoms with van der Waals surface area (Å²) in [5.41, 5.74) is 16.4. The molecule has 0 saturated carbocycles. The van der Waals surface area contributed by atoms with Gasteiger partial charge in [-0.1, -0.05) is 27.7 Å². The largest absolute Gasteiger partial charge is 0.480 e. The fraction of sp³-hybridized carbons (Fsp3) is 0.773. The van der Waals surface area contributed by atoms with E-state index in [-0.39, 0.29) is 37.2 Å². The van der Waals surface area contributed by atoms with E-state index in [2.05, 4.69) is 20.9 Å². The Morgan fingerprint density at radius 1 is 0.886 bits per heavy atom. The van der Waals surface area contributed by atoms with Crippen LogP contribution < -0.4 is 33.2 Å². The third-order valence-corrected chi connectivity index (χ3v) is 5.81. The van der Waals surface area contributed by atoms with Crippen LogP contribution in [0.5, 0.6) is 0 Å². The lowest BCUT2D eigenvalue weighted by Crippen LogP contribution is -2.57. The van der Waals surface area contributed by atoms with Crippen molar-refractivity contribution in [2.75, 3.05) is 18.6 Å². The van der Waals surface area contributed by atoms with Crippen LogP contribution in [0.25, 0.3) is 0 Å². The van der Waals surface area contributed by atoms with E-state index in [0.29, 0.717) is 18.6 Å². The number of nitrogens with one attached hydrogen (secondary N) is 3. The molecule has 0 radical (unpaired) electrons. The van der Waals surface area contributed by atoms with Crippen LogP contribution in [-0.4, -0.2) is 77.5 Å². The standard InChI is InChI=1S/C22H43N7O5S/c1-12(2)11-16(29-20(32)17(23)13(3)4)19(31)27-14(8-10-35-5)18(30)28-15(21(33)34)7-6-9-26-22(24)25/h12-17H,6-11,23H2,1-5H3,(H,27,31)(H,28,30)(H,29,32)(H,33,34)(H4,24,25,26). The maximum atomic E-state index is 13.1. The number of carboxylic acids is 1. The molecular formula is C22H43N7O5S. The Morgan fingerprint density at radius 2 is 1.43 bits per heavy atom. The Balaban J connectivity index is 5.43. The average molecular weight is 518 g/mol. The normalized spacial score (nSPS) is 14.5. The Labute approximate surface area is 212 Å². The highest BCUT2D eigenvalue weighted by Gasteiger charge is 2.30. The number of carbonyl (C=O) groups is 4. The van der Waals surface area contributed by atoms with E-state index in [1.54, 1.807) is 13.8 Å². The van der Waals surface area contributed by atoms with Crippen LogP contribution in [0.2, 0.25) is 0 Å². The Morgan fingerprint density at radius 3 is 1.91 bits per heavy atom. The summed E-state index contributed by atoms with van der Waals surface area (Å²) < 4.78 is 0. The Kier molecular flexibility index (Phi) is 15.7. The average Bonchev–Trinajstić information content (AvgIpc) is 2.76. The summed E-state index contributed by atoms with van der Waals surface area (Å²) >= 11 is 1.48. The first kappa shape index (κ1) is 32.5. The van der Waals surface area contributed by atoms with Gasteiger partial charge in [-0.15, -0.1) is 0 Å². The number of carboxylic acid groups (broad SMARTS) is 1. The van der Waals surface area contributed by atoms with Crippen molar-refractivity contribution >= 4 is 41.4 Å². The first-order valence-electron chi connectivity index (χ1n) is 11.7. The number of aliphatic carboxylic acids is 1. The van der Waals surface area contributed by atoms with E-state index < -0.39 is 47.9 Å². The second-order valence-corrected chi connectivity index (χ2v) is 10.1. The Bertz CT molecular complexity index is 729. The summed E-state index contributed by atoms with van der Waals surface area (Å²) in [6.45, 7) is 7.66. The SMILES string of the molecule is CSCCC(NC(=O)C(CC(C)C)NC(=O)C(N)C(C)C)C(=O)NC(CCCN=C(N)N)C(=O)O. The molecule has 4 atom stereocenters. The molecular weight excluding hydrogens is 474 g/mol. The van der Waals surface area contributed by atoms with Crippen molar-refractivity contribution in [2.24, 2.45) is 34.0 Å². The van der Waals surface area contributed by atoms with Gasteiger partial charge in [-0.25, -0.2) is 4.79 Å². The molecule has 12 nitrogen and oxygen atoms in total. The van der Waals surface area contributed by atoms with Gasteiger partial charge in [0.25, 0.3) is 0 Å². The van der Waals surface area contributed by atoms with Gasteiger partial charge in [0.2, 0.25) is 17.7 Å². The molecule has 0 rings (SSSR count). The van der Waals surface area contributed by atoms with Crippen molar-refractivity contribution in [1.29, 1.82) is 0 Å². The lowest BCUT2D eigenvalue weighted by Gasteiger charge is -2.26. The van der Waals surface area contributed by atoms with E-state index in [1.165, 1.54) is 11.8 Å². The molecule has 4 unspecified atom stereocenters. The molecule has 0 aliphatic carbocycles. The second kappa shape index (κ2) is 17.0. The van der Waals surface area contributed by atoms with Gasteiger partial charge in [-0.2, -0.15) is 11.8 Å². The molecule has 0 aromatic rings. The number of carbonyl (C=O) groups excluding carboxylic acids is 3. The van der Waals surface area contributed by atoms with E-state index >= 15 is 0 Å². The zero-order chi connectivity index (χ0) is 27.1. The van der Waals surface area contributed by atoms with Gasteiger partial charge >= 0.3 is 5.97 Å². The van der Waals surface area contributed by atoms with Crippen LogP contribution in [0.3, 0.4) is 0 Å². The van der Waals surface area contributed by atoms with Gasteiger partial charge in [0.1, 0.15) is 18.1 Å². The van der Waals surface area contributed by atoms with Crippen molar-refractivity contribution in [1.82, 2.24) is 16.0 Å². The Hall–Kier alpha value is -2.54. The minimum Gasteiger partial charge on any atom is -0.480 e. The minimum absolute atomic E-state index is 0.0846. The molecule has 3 amide bonds. The van der Waals surface area contributed by atoms with Crippen LogP contribution in [0.4, 0.5) is 0 Å². The number of thioether (sulfide) groups is 1. The molecule has 0 saturated heterocycles. The maximum Gasteiger partial charge on any atom is 0.326 e. The molecule has 0 aliphatic heterocycles. The van der Waals surface area contributed by atoms with Crippen molar-refractivity contribution in [3.63, 3.8) is 0 Å². The van der Waals surface area contributed by atoms with Crippen molar-refractivity contribution in [3.8, 4) is 0 Å². The fourth-order valence-corrected chi connectivity index (χ4v) is 3.56. The van der Waals surface area contributed by atoms with Gasteiger partial charge in [0.05, 0.1) is 6.04 Å². The summed E-state index contributed by atoms with van der Waals surface area (Å²) in [5, 5.41) is 17.4. The maximum absolute atomic E-state index is 13.1. The van der Waals surface area contributed by atoms with E-state index in [1.807, 2.05) is 20.1 Å². The van der Waals surface area contributed by atoms with Crippen molar-refractivity contribution in [2.45, 2.75) is 77.5 Å². The fourth-order valence-electron chi connectivity index (χ4n) is 3.08. The number of aliphatic imine (C=N–C) groups is 1. The number of hydrogen-bond donors (Lipinski definition) is 7. The van der Waals surface area contributed by atoms with Crippen molar-refractivity contribution in [3.05, 3.63) is 0 Å². The van der Waals surface area contributed by atoms with Crippen LogP contribution in [0, 0.1) is 11.8 Å². The van der Waals surface area contributed by atoms with Crippen LogP contribution in [0.15, 0.2) is 4.99 Å². The van der Waals surface area contributed by atoms with E-state index in [4.69, 9.17) is 17.2 Å². The van der Waals surface area contributed by atoms with Crippen molar-refractivity contribution < 1.29 is 24.3 Å². The first-order chi connectivity index (χ1) is 16.3. The number of amides is 3. The molecule has 13 heteroatoms. The topological polar surface area (TPSA) is 215 Å². The first-order valence-corrected chi connectivity index (χ1v) is 13.1. The van der Waals surface area contributed by atoms with Gasteiger partial charge in [0.15, 0.2) is 5.96 Å². The number of guanidine groups is 1. The third-order valence-electron chi connectivity index (χ3n) is 5.16. The predicted octanol–water partition coefficient (Wildman–Crippen LogP) is -0.638. The zero-order valence-electron chi connectivity index (χ0n) is 21.4. The lowest BCUT2D eigenvalue weighted by atomic mass is 10.00. The second-order valence-electron chi connectivity index (χ2n) is 9.15. The lowest BCUT2D eigenvalue weighted by molar-refractivity contribution is -0.142. The third kappa shape index (κ3) is 13.8.